The fourth-order valence-corrected chi connectivity index (χ4v) is 2.21. The summed E-state index contributed by atoms with van der Waals surface area (Å²) in [4.78, 5) is 21.8. The van der Waals surface area contributed by atoms with Gasteiger partial charge in [0.2, 0.25) is 0 Å². The number of ether oxygens (including phenoxy) is 2. The molecule has 0 fully saturated rings. The molecule has 4 nitrogen and oxygen atoms in total. The quantitative estimate of drug-likeness (QED) is 0.702. The van der Waals surface area contributed by atoms with Crippen molar-refractivity contribution in [3.05, 3.63) is 59.7 Å². The molecule has 0 bridgehead atoms. The minimum absolute atomic E-state index is 0.232. The minimum atomic E-state index is 0.232. The van der Waals surface area contributed by atoms with Crippen molar-refractivity contribution in [2.24, 2.45) is 0 Å². The highest BCUT2D eigenvalue weighted by atomic mass is 16.5. The topological polar surface area (TPSA) is 52.6 Å². The Bertz CT molecular complexity index is 672. The van der Waals surface area contributed by atoms with Crippen molar-refractivity contribution in [1.82, 2.24) is 0 Å². The molecule has 0 atom stereocenters. The zero-order valence-electron chi connectivity index (χ0n) is 16.1. The molecule has 0 heterocycles. The van der Waals surface area contributed by atoms with E-state index in [0.29, 0.717) is 19.3 Å². The molecule has 0 saturated heterocycles. The molecule has 2 aromatic rings. The number of carbonyl (C=O) groups excluding carboxylic acids is 2. The summed E-state index contributed by atoms with van der Waals surface area (Å²) in [5.74, 6) is 2.18. The monoisotopic (exact) mass is 356 g/mol. The van der Waals surface area contributed by atoms with Crippen LogP contribution in [-0.4, -0.2) is 25.8 Å². The zero-order valence-corrected chi connectivity index (χ0v) is 16.1. The predicted octanol–water partition coefficient (Wildman–Crippen LogP) is 4.43. The number of ketones is 2. The Balaban J connectivity index is 0.000000260. The maximum absolute atomic E-state index is 11.1. The molecule has 0 aliphatic heterocycles. The Kier molecular flexibility index (Phi) is 9.77. The van der Waals surface area contributed by atoms with Gasteiger partial charge in [-0.05, 0) is 48.7 Å². The van der Waals surface area contributed by atoms with Gasteiger partial charge < -0.3 is 14.3 Å². The highest BCUT2D eigenvalue weighted by Crippen LogP contribution is 2.13. The zero-order chi connectivity index (χ0) is 19.4. The summed E-state index contributed by atoms with van der Waals surface area (Å²) in [5.41, 5.74) is 2.23. The van der Waals surface area contributed by atoms with Crippen molar-refractivity contribution in [3.63, 3.8) is 0 Å². The van der Waals surface area contributed by atoms with Crippen LogP contribution < -0.4 is 9.47 Å². The van der Waals surface area contributed by atoms with Gasteiger partial charge in [0.25, 0.3) is 0 Å². The van der Waals surface area contributed by atoms with Crippen LogP contribution in [0.15, 0.2) is 48.5 Å². The highest BCUT2D eigenvalue weighted by molar-refractivity contribution is 5.80. The Labute approximate surface area is 156 Å². The van der Waals surface area contributed by atoms with Crippen molar-refractivity contribution in [2.75, 3.05) is 14.2 Å². The molecule has 0 N–H and O–H groups in total. The smallest absolute Gasteiger partial charge is 0.136 e. The molecular formula is C22H28O4. The van der Waals surface area contributed by atoms with E-state index in [1.54, 1.807) is 21.1 Å². The van der Waals surface area contributed by atoms with E-state index in [-0.39, 0.29) is 11.6 Å². The van der Waals surface area contributed by atoms with Crippen LogP contribution in [0.25, 0.3) is 0 Å². The number of methoxy groups -OCH3 is 2. The van der Waals surface area contributed by atoms with Gasteiger partial charge in [0.05, 0.1) is 14.2 Å². The molecule has 0 aliphatic rings. The molecule has 4 heteroatoms. The van der Waals surface area contributed by atoms with E-state index in [0.717, 1.165) is 23.5 Å². The largest absolute Gasteiger partial charge is 0.497 e. The third-order valence-corrected chi connectivity index (χ3v) is 3.88. The highest BCUT2D eigenvalue weighted by Gasteiger charge is 2.00. The number of Topliss-reactive ketones (excluding diaryl/α,β-unsaturated/α-hetero) is 2. The van der Waals surface area contributed by atoms with Gasteiger partial charge in [0, 0.05) is 19.3 Å². The van der Waals surface area contributed by atoms with Crippen LogP contribution in [0.3, 0.4) is 0 Å². The second-order valence-electron chi connectivity index (χ2n) is 5.97. The van der Waals surface area contributed by atoms with E-state index in [9.17, 15) is 9.59 Å². The first-order valence-electron chi connectivity index (χ1n) is 8.75. The minimum Gasteiger partial charge on any atom is -0.497 e. The summed E-state index contributed by atoms with van der Waals surface area (Å²) in [6.45, 7) is 3.50. The van der Waals surface area contributed by atoms with Gasteiger partial charge in [-0.15, -0.1) is 0 Å². The van der Waals surface area contributed by atoms with Crippen LogP contribution in [-0.2, 0) is 22.4 Å². The third kappa shape index (κ3) is 8.47. The fraction of sp³-hybridized carbons (Fsp3) is 0.364. The van der Waals surface area contributed by atoms with Crippen LogP contribution in [0, 0.1) is 0 Å². The fourth-order valence-electron chi connectivity index (χ4n) is 2.21. The molecule has 0 saturated carbocycles. The van der Waals surface area contributed by atoms with Crippen LogP contribution in [0.4, 0.5) is 0 Å². The lowest BCUT2D eigenvalue weighted by Gasteiger charge is -2.01. The van der Waals surface area contributed by atoms with Gasteiger partial charge in [-0.1, -0.05) is 31.2 Å². The molecule has 0 aliphatic carbocycles. The van der Waals surface area contributed by atoms with Gasteiger partial charge in [-0.3, -0.25) is 4.79 Å². The van der Waals surface area contributed by atoms with Gasteiger partial charge in [-0.2, -0.15) is 0 Å². The number of hydrogen-bond donors (Lipinski definition) is 0. The maximum atomic E-state index is 11.1. The second-order valence-corrected chi connectivity index (χ2v) is 5.97. The summed E-state index contributed by atoms with van der Waals surface area (Å²) >= 11 is 0. The number of benzene rings is 2. The molecular weight excluding hydrogens is 328 g/mol. The van der Waals surface area contributed by atoms with Crippen LogP contribution >= 0.6 is 0 Å². The van der Waals surface area contributed by atoms with Crippen LogP contribution in [0.1, 0.15) is 37.8 Å². The summed E-state index contributed by atoms with van der Waals surface area (Å²) in [6.07, 6.45) is 2.57. The maximum Gasteiger partial charge on any atom is 0.136 e. The summed E-state index contributed by atoms with van der Waals surface area (Å²) in [5, 5.41) is 0. The molecule has 0 radical (unpaired) electrons. The summed E-state index contributed by atoms with van der Waals surface area (Å²) in [7, 11) is 3.27. The van der Waals surface area contributed by atoms with E-state index in [2.05, 4.69) is 0 Å². The summed E-state index contributed by atoms with van der Waals surface area (Å²) < 4.78 is 10.0. The number of hydrogen-bond acceptors (Lipinski definition) is 4. The van der Waals surface area contributed by atoms with Crippen LogP contribution in [0.2, 0.25) is 0 Å². The lowest BCUT2D eigenvalue weighted by Crippen LogP contribution is -1.99. The molecule has 2 aromatic carbocycles. The predicted molar refractivity (Wildman–Crippen MR) is 104 cm³/mol. The Morgan fingerprint density at radius 3 is 1.65 bits per heavy atom. The van der Waals surface area contributed by atoms with Gasteiger partial charge in [0.15, 0.2) is 0 Å². The van der Waals surface area contributed by atoms with Crippen molar-refractivity contribution in [2.45, 2.75) is 39.5 Å². The first kappa shape index (κ1) is 21.4. The Hall–Kier alpha value is -2.62. The van der Waals surface area contributed by atoms with Crippen molar-refractivity contribution >= 4 is 11.6 Å². The van der Waals surface area contributed by atoms with Crippen molar-refractivity contribution in [1.29, 1.82) is 0 Å². The first-order valence-corrected chi connectivity index (χ1v) is 8.75. The molecule has 26 heavy (non-hydrogen) atoms. The average molecular weight is 356 g/mol. The van der Waals surface area contributed by atoms with E-state index < -0.39 is 0 Å². The normalized spacial score (nSPS) is 9.69. The Morgan fingerprint density at radius 2 is 1.27 bits per heavy atom. The third-order valence-electron chi connectivity index (χ3n) is 3.88. The Morgan fingerprint density at radius 1 is 0.808 bits per heavy atom. The molecule has 140 valence electrons. The van der Waals surface area contributed by atoms with Crippen molar-refractivity contribution in [3.8, 4) is 11.5 Å². The molecule has 2 rings (SSSR count). The number of carbonyl (C=O) groups is 2. The number of rotatable bonds is 8. The number of aryl methyl sites for hydroxylation is 1. The van der Waals surface area contributed by atoms with E-state index in [1.165, 1.54) is 5.56 Å². The molecule has 0 unspecified atom stereocenters. The lowest BCUT2D eigenvalue weighted by atomic mass is 10.1. The van der Waals surface area contributed by atoms with Gasteiger partial charge in [-0.25, -0.2) is 0 Å². The van der Waals surface area contributed by atoms with Gasteiger partial charge >= 0.3 is 0 Å². The second kappa shape index (κ2) is 11.9. The SMILES string of the molecule is CCC(=O)Cc1ccc(OC)cc1.COc1ccc(CCC(C)=O)cc1. The van der Waals surface area contributed by atoms with Crippen LogP contribution in [0.5, 0.6) is 11.5 Å². The van der Waals surface area contributed by atoms with E-state index >= 15 is 0 Å². The van der Waals surface area contributed by atoms with E-state index in [1.807, 2.05) is 55.5 Å². The van der Waals surface area contributed by atoms with Crippen molar-refractivity contribution < 1.29 is 19.1 Å². The van der Waals surface area contributed by atoms with E-state index in [4.69, 9.17) is 9.47 Å². The average Bonchev–Trinajstić information content (AvgIpc) is 2.67. The van der Waals surface area contributed by atoms with Gasteiger partial charge in [0.1, 0.15) is 23.1 Å². The molecule has 0 aromatic heterocycles. The standard InChI is InChI=1S/2C11H14O2/c1-9(12)3-4-10-5-7-11(13-2)8-6-10;1-3-10(12)8-9-4-6-11(13-2)7-5-9/h5-8H,3-4H2,1-2H3;4-7H,3,8H2,1-2H3. The molecule has 0 spiro atoms. The first-order chi connectivity index (χ1) is 12.5. The molecule has 0 amide bonds. The summed E-state index contributed by atoms with van der Waals surface area (Å²) in [6, 6.07) is 15.4. The lowest BCUT2D eigenvalue weighted by molar-refractivity contribution is -0.118.